The number of amides is 1. The summed E-state index contributed by atoms with van der Waals surface area (Å²) < 4.78 is 0. The minimum Gasteiger partial charge on any atom is -0.390 e. The van der Waals surface area contributed by atoms with Gasteiger partial charge in [0.15, 0.2) is 0 Å². The monoisotopic (exact) mass is 317 g/mol. The van der Waals surface area contributed by atoms with Gasteiger partial charge in [-0.25, -0.2) is 0 Å². The summed E-state index contributed by atoms with van der Waals surface area (Å²) >= 11 is 0. The second-order valence-corrected chi connectivity index (χ2v) is 6.53. The van der Waals surface area contributed by atoms with Crippen LogP contribution in [0.3, 0.4) is 0 Å². The second kappa shape index (κ2) is 6.93. The summed E-state index contributed by atoms with van der Waals surface area (Å²) in [7, 11) is 0. The summed E-state index contributed by atoms with van der Waals surface area (Å²) in [6.45, 7) is 6.27. The number of H-pyrrole nitrogens is 1. The van der Waals surface area contributed by atoms with E-state index in [0.717, 1.165) is 5.56 Å². The Bertz CT molecular complexity index is 656. The Morgan fingerprint density at radius 3 is 2.48 bits per heavy atom. The number of carbonyl (C=O) groups excluding carboxylic acids is 1. The number of carbonyl (C=O) groups is 1. The Morgan fingerprint density at radius 1 is 1.30 bits per heavy atom. The van der Waals surface area contributed by atoms with Gasteiger partial charge in [-0.05, 0) is 22.6 Å². The molecule has 0 aliphatic carbocycles. The molecule has 0 spiro atoms. The van der Waals surface area contributed by atoms with Crippen molar-refractivity contribution >= 4 is 5.91 Å². The van der Waals surface area contributed by atoms with E-state index in [1.54, 1.807) is 0 Å². The van der Waals surface area contributed by atoms with Crippen LogP contribution < -0.4 is 5.32 Å². The van der Waals surface area contributed by atoms with Crippen LogP contribution in [-0.4, -0.2) is 32.9 Å². The first-order valence-corrected chi connectivity index (χ1v) is 7.53. The summed E-state index contributed by atoms with van der Waals surface area (Å²) in [5, 5.41) is 28.1. The molecule has 23 heavy (non-hydrogen) atoms. The van der Waals surface area contributed by atoms with Crippen molar-refractivity contribution in [2.75, 3.05) is 6.54 Å². The predicted molar refractivity (Wildman–Crippen MR) is 86.9 cm³/mol. The average molecular weight is 317 g/mol. The van der Waals surface area contributed by atoms with E-state index in [1.165, 1.54) is 11.6 Å². The molecule has 0 radical (unpaired) electrons. The van der Waals surface area contributed by atoms with E-state index < -0.39 is 12.0 Å². The lowest BCUT2D eigenvalue weighted by atomic mass is 9.86. The number of nitrogens with zero attached hydrogens (tertiary/aromatic N) is 1. The summed E-state index contributed by atoms with van der Waals surface area (Å²) in [5.74, 6) is -0.397. The van der Waals surface area contributed by atoms with Crippen molar-refractivity contribution in [1.29, 1.82) is 0 Å². The molecule has 2 rings (SSSR count). The predicted octanol–water partition coefficient (Wildman–Crippen LogP) is 1.66. The lowest BCUT2D eigenvalue weighted by Crippen LogP contribution is -2.28. The molecular formula is C17H23N3O3. The van der Waals surface area contributed by atoms with Crippen molar-refractivity contribution < 1.29 is 15.0 Å². The second-order valence-electron chi connectivity index (χ2n) is 6.53. The van der Waals surface area contributed by atoms with Gasteiger partial charge < -0.3 is 15.5 Å². The van der Waals surface area contributed by atoms with Crippen LogP contribution in [0.2, 0.25) is 0 Å². The molecule has 0 aliphatic heterocycles. The Balaban J connectivity index is 1.94. The average Bonchev–Trinajstić information content (AvgIpc) is 3.00. The molecule has 6 heteroatoms. The van der Waals surface area contributed by atoms with Crippen molar-refractivity contribution in [2.24, 2.45) is 0 Å². The van der Waals surface area contributed by atoms with E-state index in [4.69, 9.17) is 5.11 Å². The molecule has 1 atom stereocenters. The zero-order chi connectivity index (χ0) is 17.0. The van der Waals surface area contributed by atoms with Crippen LogP contribution in [0, 0.1) is 0 Å². The standard InChI is InChI=1S/C17H23N3O3/c1-17(2,3)12-6-4-11(5-7-12)15(22)9-18-16(23)14-8-13(10-21)19-20-14/h4-8,15,21-22H,9-10H2,1-3H3,(H,18,23)(H,19,20). The molecule has 124 valence electrons. The van der Waals surface area contributed by atoms with Gasteiger partial charge in [0.05, 0.1) is 18.4 Å². The molecule has 1 aromatic carbocycles. The normalized spacial score (nSPS) is 12.9. The van der Waals surface area contributed by atoms with Crippen LogP contribution in [0.1, 0.15) is 54.2 Å². The molecular weight excluding hydrogens is 294 g/mol. The van der Waals surface area contributed by atoms with Crippen LogP contribution in [0.15, 0.2) is 30.3 Å². The lowest BCUT2D eigenvalue weighted by Gasteiger charge is -2.20. The fraction of sp³-hybridized carbons (Fsp3) is 0.412. The van der Waals surface area contributed by atoms with E-state index in [0.29, 0.717) is 5.69 Å². The number of aromatic nitrogens is 2. The van der Waals surface area contributed by atoms with Gasteiger partial charge >= 0.3 is 0 Å². The van der Waals surface area contributed by atoms with E-state index >= 15 is 0 Å². The highest BCUT2D eigenvalue weighted by Crippen LogP contribution is 2.23. The van der Waals surface area contributed by atoms with Gasteiger partial charge in [0.2, 0.25) is 0 Å². The Kier molecular flexibility index (Phi) is 5.18. The van der Waals surface area contributed by atoms with Gasteiger partial charge in [-0.3, -0.25) is 9.89 Å². The smallest absolute Gasteiger partial charge is 0.271 e. The Morgan fingerprint density at radius 2 is 1.96 bits per heavy atom. The zero-order valence-corrected chi connectivity index (χ0v) is 13.6. The third-order valence-electron chi connectivity index (χ3n) is 3.65. The van der Waals surface area contributed by atoms with Crippen LogP contribution in [0.4, 0.5) is 0 Å². The minimum absolute atomic E-state index is 0.0576. The van der Waals surface area contributed by atoms with E-state index in [-0.39, 0.29) is 24.3 Å². The molecule has 0 saturated carbocycles. The fourth-order valence-corrected chi connectivity index (χ4v) is 2.16. The van der Waals surface area contributed by atoms with E-state index in [1.807, 2.05) is 24.3 Å². The van der Waals surface area contributed by atoms with Gasteiger partial charge in [-0.2, -0.15) is 5.10 Å². The molecule has 0 saturated heterocycles. The number of hydrogen-bond donors (Lipinski definition) is 4. The van der Waals surface area contributed by atoms with Crippen LogP contribution in [-0.2, 0) is 12.0 Å². The van der Waals surface area contributed by atoms with Crippen LogP contribution >= 0.6 is 0 Å². The summed E-state index contributed by atoms with van der Waals surface area (Å²) in [6, 6.07) is 9.19. The number of rotatable bonds is 5. The maximum Gasteiger partial charge on any atom is 0.271 e. The number of hydrogen-bond acceptors (Lipinski definition) is 4. The molecule has 0 fully saturated rings. The van der Waals surface area contributed by atoms with E-state index in [9.17, 15) is 9.90 Å². The molecule has 0 bridgehead atoms. The topological polar surface area (TPSA) is 98.2 Å². The summed E-state index contributed by atoms with van der Waals surface area (Å²) in [6.07, 6.45) is -0.788. The molecule has 1 amide bonds. The van der Waals surface area contributed by atoms with Gasteiger partial charge in [0.1, 0.15) is 5.69 Å². The minimum atomic E-state index is -0.788. The third kappa shape index (κ3) is 4.40. The largest absolute Gasteiger partial charge is 0.390 e. The van der Waals surface area contributed by atoms with Gasteiger partial charge in [0, 0.05) is 6.54 Å². The molecule has 4 N–H and O–H groups in total. The van der Waals surface area contributed by atoms with Gasteiger partial charge in [0.25, 0.3) is 5.91 Å². The number of benzene rings is 1. The number of aliphatic hydroxyl groups excluding tert-OH is 2. The molecule has 1 aromatic heterocycles. The molecule has 0 aliphatic rings. The number of nitrogens with one attached hydrogen (secondary N) is 2. The van der Waals surface area contributed by atoms with Crippen molar-refractivity contribution in [2.45, 2.75) is 38.9 Å². The maximum atomic E-state index is 11.9. The van der Waals surface area contributed by atoms with Gasteiger partial charge in [-0.1, -0.05) is 45.0 Å². The quantitative estimate of drug-likeness (QED) is 0.674. The van der Waals surface area contributed by atoms with Crippen LogP contribution in [0.25, 0.3) is 0 Å². The molecule has 1 heterocycles. The first kappa shape index (κ1) is 17.2. The van der Waals surface area contributed by atoms with E-state index in [2.05, 4.69) is 36.3 Å². The third-order valence-corrected chi connectivity index (χ3v) is 3.65. The summed E-state index contributed by atoms with van der Waals surface area (Å²) in [4.78, 5) is 11.9. The zero-order valence-electron chi connectivity index (χ0n) is 13.6. The SMILES string of the molecule is CC(C)(C)c1ccc(C(O)CNC(=O)c2cc(CO)[nH]n2)cc1. The number of aromatic amines is 1. The van der Waals surface area contributed by atoms with Crippen molar-refractivity contribution in [1.82, 2.24) is 15.5 Å². The Hall–Kier alpha value is -2.18. The maximum absolute atomic E-state index is 11.9. The summed E-state index contributed by atoms with van der Waals surface area (Å²) in [5.41, 5.74) is 2.64. The van der Waals surface area contributed by atoms with Gasteiger partial charge in [-0.15, -0.1) is 0 Å². The highest BCUT2D eigenvalue weighted by atomic mass is 16.3. The highest BCUT2D eigenvalue weighted by molar-refractivity contribution is 5.92. The first-order chi connectivity index (χ1) is 10.8. The van der Waals surface area contributed by atoms with Crippen LogP contribution in [0.5, 0.6) is 0 Å². The molecule has 2 aromatic rings. The van der Waals surface area contributed by atoms with Crippen molar-refractivity contribution in [3.8, 4) is 0 Å². The molecule has 6 nitrogen and oxygen atoms in total. The molecule has 1 unspecified atom stereocenters. The van der Waals surface area contributed by atoms with Crippen molar-refractivity contribution in [3.05, 3.63) is 52.8 Å². The highest BCUT2D eigenvalue weighted by Gasteiger charge is 2.16. The fourth-order valence-electron chi connectivity index (χ4n) is 2.16. The van der Waals surface area contributed by atoms with Crippen molar-refractivity contribution in [3.63, 3.8) is 0 Å². The Labute approximate surface area is 135 Å². The first-order valence-electron chi connectivity index (χ1n) is 7.53. The number of aliphatic hydroxyl groups is 2. The lowest BCUT2D eigenvalue weighted by molar-refractivity contribution is 0.0911.